The maximum atomic E-state index is 13.3. The number of sulfonamides is 1. The summed E-state index contributed by atoms with van der Waals surface area (Å²) in [6.07, 6.45) is 1.92. The van der Waals surface area contributed by atoms with Crippen LogP contribution in [0, 0.1) is 0 Å². The van der Waals surface area contributed by atoms with Crippen molar-refractivity contribution < 1.29 is 13.2 Å². The number of nitrogens with zero attached hydrogens (tertiary/aromatic N) is 1. The highest BCUT2D eigenvalue weighted by Gasteiger charge is 2.27. The predicted molar refractivity (Wildman–Crippen MR) is 122 cm³/mol. The highest BCUT2D eigenvalue weighted by molar-refractivity contribution is 9.10. The number of nitrogens with one attached hydrogen (secondary N) is 1. The van der Waals surface area contributed by atoms with E-state index in [0.29, 0.717) is 11.4 Å². The molecule has 0 aliphatic heterocycles. The van der Waals surface area contributed by atoms with Crippen LogP contribution in [0.3, 0.4) is 0 Å². The van der Waals surface area contributed by atoms with Crippen molar-refractivity contribution in [3.63, 3.8) is 0 Å². The molecule has 1 N–H and O–H groups in total. The summed E-state index contributed by atoms with van der Waals surface area (Å²) in [5, 5.41) is 2.82. The van der Waals surface area contributed by atoms with Gasteiger partial charge in [-0.3, -0.25) is 9.10 Å². The van der Waals surface area contributed by atoms with Crippen molar-refractivity contribution in [1.82, 2.24) is 0 Å². The summed E-state index contributed by atoms with van der Waals surface area (Å²) < 4.78 is 28.5. The highest BCUT2D eigenvalue weighted by atomic mass is 79.9. The Morgan fingerprint density at radius 1 is 0.966 bits per heavy atom. The molecule has 29 heavy (non-hydrogen) atoms. The summed E-state index contributed by atoms with van der Waals surface area (Å²) in [5.74, 6) is -0.422. The summed E-state index contributed by atoms with van der Waals surface area (Å²) in [5.41, 5.74) is 1.06. The Morgan fingerprint density at radius 3 is 2.24 bits per heavy atom. The SMILES string of the molecule is CSc1ccccc1NC(=O)CN(c1ccc(Br)cc1)S(=O)(=O)c1ccccc1. The van der Waals surface area contributed by atoms with Gasteiger partial charge in [-0.1, -0.05) is 46.3 Å². The van der Waals surface area contributed by atoms with E-state index in [4.69, 9.17) is 0 Å². The van der Waals surface area contributed by atoms with Crippen molar-refractivity contribution >= 4 is 55.0 Å². The van der Waals surface area contributed by atoms with Crippen LogP contribution in [0.1, 0.15) is 0 Å². The number of halogens is 1. The normalized spacial score (nSPS) is 11.1. The van der Waals surface area contributed by atoms with Crippen LogP contribution in [0.4, 0.5) is 11.4 Å². The first-order valence-corrected chi connectivity index (χ1v) is 12.1. The summed E-state index contributed by atoms with van der Waals surface area (Å²) in [4.78, 5) is 13.8. The molecule has 0 bridgehead atoms. The van der Waals surface area contributed by atoms with Gasteiger partial charge in [0.15, 0.2) is 0 Å². The van der Waals surface area contributed by atoms with Crippen LogP contribution in [0.5, 0.6) is 0 Å². The van der Waals surface area contributed by atoms with Gasteiger partial charge in [-0.15, -0.1) is 11.8 Å². The molecule has 0 radical (unpaired) electrons. The van der Waals surface area contributed by atoms with Crippen molar-refractivity contribution in [2.45, 2.75) is 9.79 Å². The number of carbonyl (C=O) groups excluding carboxylic acids is 1. The maximum Gasteiger partial charge on any atom is 0.264 e. The number of rotatable bonds is 7. The Labute approximate surface area is 183 Å². The third kappa shape index (κ3) is 5.20. The van der Waals surface area contributed by atoms with E-state index in [1.807, 2.05) is 24.5 Å². The Bertz CT molecular complexity index is 1090. The number of anilines is 2. The minimum Gasteiger partial charge on any atom is -0.323 e. The van der Waals surface area contributed by atoms with Crippen LogP contribution in [0.25, 0.3) is 0 Å². The molecule has 8 heteroatoms. The van der Waals surface area contributed by atoms with E-state index in [0.717, 1.165) is 13.7 Å². The van der Waals surface area contributed by atoms with Crippen molar-refractivity contribution in [3.05, 3.63) is 83.3 Å². The van der Waals surface area contributed by atoms with E-state index in [9.17, 15) is 13.2 Å². The molecule has 3 aromatic rings. The lowest BCUT2D eigenvalue weighted by atomic mass is 10.3. The number of amides is 1. The average Bonchev–Trinajstić information content (AvgIpc) is 2.74. The molecule has 0 atom stereocenters. The molecule has 0 aliphatic rings. The largest absolute Gasteiger partial charge is 0.323 e. The molecule has 0 spiro atoms. The molecule has 150 valence electrons. The molecule has 0 fully saturated rings. The topological polar surface area (TPSA) is 66.5 Å². The van der Waals surface area contributed by atoms with Crippen LogP contribution >= 0.6 is 27.7 Å². The summed E-state index contributed by atoms with van der Waals surface area (Å²) in [6, 6.07) is 22.3. The molecule has 0 unspecified atom stereocenters. The highest BCUT2D eigenvalue weighted by Crippen LogP contribution is 2.27. The van der Waals surface area contributed by atoms with Crippen LogP contribution in [-0.4, -0.2) is 27.1 Å². The number of hydrogen-bond acceptors (Lipinski definition) is 4. The maximum absolute atomic E-state index is 13.3. The number of para-hydroxylation sites is 1. The first-order chi connectivity index (χ1) is 13.9. The second kappa shape index (κ2) is 9.47. The number of hydrogen-bond donors (Lipinski definition) is 1. The van der Waals surface area contributed by atoms with E-state index in [1.54, 1.807) is 48.5 Å². The first kappa shape index (κ1) is 21.4. The second-order valence-electron chi connectivity index (χ2n) is 6.05. The summed E-state index contributed by atoms with van der Waals surface area (Å²) in [7, 11) is -3.92. The molecule has 0 aromatic heterocycles. The predicted octanol–water partition coefficient (Wildman–Crippen LogP) is 5.01. The van der Waals surface area contributed by atoms with E-state index in [1.165, 1.54) is 23.9 Å². The Balaban J connectivity index is 1.93. The quantitative estimate of drug-likeness (QED) is 0.473. The van der Waals surface area contributed by atoms with E-state index < -0.39 is 15.9 Å². The van der Waals surface area contributed by atoms with Crippen molar-refractivity contribution in [3.8, 4) is 0 Å². The zero-order chi connectivity index (χ0) is 20.9. The van der Waals surface area contributed by atoms with Crippen LogP contribution < -0.4 is 9.62 Å². The van der Waals surface area contributed by atoms with Crippen LogP contribution in [0.15, 0.2) is 93.1 Å². The molecule has 0 heterocycles. The Kier molecular flexibility index (Phi) is 7.00. The number of thioether (sulfide) groups is 1. The molecule has 5 nitrogen and oxygen atoms in total. The second-order valence-corrected chi connectivity index (χ2v) is 9.68. The van der Waals surface area contributed by atoms with Crippen molar-refractivity contribution in [1.29, 1.82) is 0 Å². The molecule has 3 rings (SSSR count). The minimum atomic E-state index is -3.92. The third-order valence-electron chi connectivity index (χ3n) is 4.11. The molecule has 0 saturated carbocycles. The number of carbonyl (C=O) groups is 1. The third-order valence-corrected chi connectivity index (χ3v) is 7.23. The molecular weight excluding hydrogens is 472 g/mol. The lowest BCUT2D eigenvalue weighted by Gasteiger charge is -2.24. The Morgan fingerprint density at radius 2 is 1.59 bits per heavy atom. The number of benzene rings is 3. The molecule has 0 saturated heterocycles. The zero-order valence-electron chi connectivity index (χ0n) is 15.6. The molecule has 3 aromatic carbocycles. The fourth-order valence-corrected chi connectivity index (χ4v) is 4.97. The van der Waals surface area contributed by atoms with E-state index >= 15 is 0 Å². The van der Waals surface area contributed by atoms with Crippen molar-refractivity contribution in [2.75, 3.05) is 22.4 Å². The lowest BCUT2D eigenvalue weighted by Crippen LogP contribution is -2.38. The van der Waals surface area contributed by atoms with E-state index in [-0.39, 0.29) is 11.4 Å². The summed E-state index contributed by atoms with van der Waals surface area (Å²) >= 11 is 4.86. The van der Waals surface area contributed by atoms with Crippen LogP contribution in [0.2, 0.25) is 0 Å². The average molecular weight is 491 g/mol. The van der Waals surface area contributed by atoms with Crippen LogP contribution in [-0.2, 0) is 14.8 Å². The van der Waals surface area contributed by atoms with Gasteiger partial charge in [-0.2, -0.15) is 0 Å². The zero-order valence-corrected chi connectivity index (χ0v) is 18.8. The minimum absolute atomic E-state index is 0.125. The van der Waals surface area contributed by atoms with Gasteiger partial charge in [0.25, 0.3) is 10.0 Å². The molecule has 1 amide bonds. The summed E-state index contributed by atoms with van der Waals surface area (Å²) in [6.45, 7) is -0.346. The lowest BCUT2D eigenvalue weighted by molar-refractivity contribution is -0.114. The van der Waals surface area contributed by atoms with Gasteiger partial charge in [-0.05, 0) is 54.8 Å². The monoisotopic (exact) mass is 490 g/mol. The molecular formula is C21H19BrN2O3S2. The van der Waals surface area contributed by atoms with Gasteiger partial charge < -0.3 is 5.32 Å². The van der Waals surface area contributed by atoms with E-state index in [2.05, 4.69) is 21.2 Å². The fraction of sp³-hybridized carbons (Fsp3) is 0.0952. The fourth-order valence-electron chi connectivity index (χ4n) is 2.71. The first-order valence-electron chi connectivity index (χ1n) is 8.68. The van der Waals surface area contributed by atoms with Gasteiger partial charge >= 0.3 is 0 Å². The van der Waals surface area contributed by atoms with Crippen molar-refractivity contribution in [2.24, 2.45) is 0 Å². The van der Waals surface area contributed by atoms with Gasteiger partial charge in [-0.25, -0.2) is 8.42 Å². The molecule has 0 aliphatic carbocycles. The smallest absolute Gasteiger partial charge is 0.264 e. The van der Waals surface area contributed by atoms with Gasteiger partial charge in [0, 0.05) is 9.37 Å². The van der Waals surface area contributed by atoms with Gasteiger partial charge in [0.2, 0.25) is 5.91 Å². The Hall–Kier alpha value is -2.29. The standard InChI is InChI=1S/C21H19BrN2O3S2/c1-28-20-10-6-5-9-19(20)23-21(25)15-24(17-13-11-16(22)12-14-17)29(26,27)18-7-3-2-4-8-18/h2-14H,15H2,1H3,(H,23,25). The van der Waals surface area contributed by atoms with Gasteiger partial charge in [0.1, 0.15) is 6.54 Å². The van der Waals surface area contributed by atoms with Gasteiger partial charge in [0.05, 0.1) is 16.3 Å².